The van der Waals surface area contributed by atoms with Gasteiger partial charge in [0.1, 0.15) is 5.75 Å². The highest BCUT2D eigenvalue weighted by Gasteiger charge is 2.12. The Balaban J connectivity index is 2.45. The van der Waals surface area contributed by atoms with E-state index in [4.69, 9.17) is 4.74 Å². The second-order valence-electron chi connectivity index (χ2n) is 3.83. The number of ether oxygens (including phenoxy) is 1. The minimum atomic E-state index is 0.895. The molecule has 16 heavy (non-hydrogen) atoms. The molecule has 1 aliphatic rings. The Kier molecular flexibility index (Phi) is 2.95. The van der Waals surface area contributed by atoms with Crippen molar-refractivity contribution >= 4 is 11.9 Å². The highest BCUT2D eigenvalue weighted by molar-refractivity contribution is 5.69. The molecule has 0 spiro atoms. The lowest BCUT2D eigenvalue weighted by atomic mass is 10.00. The van der Waals surface area contributed by atoms with E-state index in [2.05, 4.69) is 17.7 Å². The zero-order valence-corrected chi connectivity index (χ0v) is 9.73. The summed E-state index contributed by atoms with van der Waals surface area (Å²) in [6.45, 7) is 4.07. The third-order valence-corrected chi connectivity index (χ3v) is 2.81. The Labute approximate surface area is 96.0 Å². The number of nitrogens with zero attached hydrogens (tertiary/aromatic N) is 2. The van der Waals surface area contributed by atoms with E-state index < -0.39 is 0 Å². The third-order valence-electron chi connectivity index (χ3n) is 2.81. The van der Waals surface area contributed by atoms with Crippen molar-refractivity contribution < 1.29 is 4.74 Å². The normalized spacial score (nSPS) is 15.4. The molecule has 1 aliphatic heterocycles. The number of benzene rings is 1. The Hall–Kier alpha value is -1.77. The largest absolute Gasteiger partial charge is 0.497 e. The number of methoxy groups -OCH3 is 1. The molecule has 0 radical (unpaired) electrons. The van der Waals surface area contributed by atoms with Crippen LogP contribution in [0.4, 0.5) is 0 Å². The van der Waals surface area contributed by atoms with Gasteiger partial charge in [-0.05, 0) is 36.6 Å². The molecule has 0 unspecified atom stereocenters. The molecule has 0 atom stereocenters. The molecular formula is C13H16N2O. The molecule has 0 aliphatic carbocycles. The van der Waals surface area contributed by atoms with Crippen LogP contribution in [0.15, 0.2) is 29.9 Å². The number of fused-ring (bicyclic) bond motifs is 1. The molecular weight excluding hydrogens is 200 g/mol. The first-order chi connectivity index (χ1) is 7.72. The van der Waals surface area contributed by atoms with E-state index in [0.29, 0.717) is 0 Å². The summed E-state index contributed by atoms with van der Waals surface area (Å²) in [7, 11) is 3.60. The second-order valence-corrected chi connectivity index (χ2v) is 3.83. The van der Waals surface area contributed by atoms with Gasteiger partial charge in [0, 0.05) is 18.8 Å². The van der Waals surface area contributed by atoms with Crippen molar-refractivity contribution in [2.75, 3.05) is 14.2 Å². The Morgan fingerprint density at radius 2 is 2.25 bits per heavy atom. The van der Waals surface area contributed by atoms with Crippen LogP contribution in [-0.4, -0.2) is 25.4 Å². The summed E-state index contributed by atoms with van der Waals surface area (Å²) < 4.78 is 5.24. The molecule has 0 bridgehead atoms. The lowest BCUT2D eigenvalue weighted by Crippen LogP contribution is -2.13. The Morgan fingerprint density at radius 1 is 1.44 bits per heavy atom. The van der Waals surface area contributed by atoms with Gasteiger partial charge < -0.3 is 4.74 Å². The van der Waals surface area contributed by atoms with Crippen molar-refractivity contribution in [2.24, 2.45) is 5.10 Å². The van der Waals surface area contributed by atoms with Gasteiger partial charge in [-0.1, -0.05) is 6.58 Å². The summed E-state index contributed by atoms with van der Waals surface area (Å²) >= 11 is 0. The topological polar surface area (TPSA) is 24.8 Å². The molecule has 1 aromatic rings. The summed E-state index contributed by atoms with van der Waals surface area (Å²) in [5.41, 5.74) is 3.34. The molecule has 0 amide bonds. The van der Waals surface area contributed by atoms with Crippen LogP contribution in [0, 0.1) is 0 Å². The molecule has 1 heterocycles. The van der Waals surface area contributed by atoms with Crippen LogP contribution >= 0.6 is 0 Å². The number of hydrogen-bond donors (Lipinski definition) is 0. The molecule has 2 rings (SSSR count). The zero-order chi connectivity index (χ0) is 11.5. The van der Waals surface area contributed by atoms with E-state index in [0.717, 1.165) is 29.9 Å². The van der Waals surface area contributed by atoms with Gasteiger partial charge in [-0.2, -0.15) is 5.10 Å². The summed E-state index contributed by atoms with van der Waals surface area (Å²) in [6, 6.07) is 6.09. The van der Waals surface area contributed by atoms with Crippen LogP contribution in [0.2, 0.25) is 0 Å². The van der Waals surface area contributed by atoms with Crippen LogP contribution in [0.3, 0.4) is 0 Å². The van der Waals surface area contributed by atoms with E-state index in [1.165, 1.54) is 5.56 Å². The smallest absolute Gasteiger partial charge is 0.119 e. The fraction of sp³-hybridized carbons (Fsp3) is 0.308. The number of hydrogen-bond acceptors (Lipinski definition) is 3. The van der Waals surface area contributed by atoms with Crippen molar-refractivity contribution in [2.45, 2.75) is 12.8 Å². The highest BCUT2D eigenvalue weighted by Crippen LogP contribution is 2.26. The minimum absolute atomic E-state index is 0.895. The van der Waals surface area contributed by atoms with E-state index in [1.807, 2.05) is 30.4 Å². The first-order valence-electron chi connectivity index (χ1n) is 5.34. The monoisotopic (exact) mass is 216 g/mol. The van der Waals surface area contributed by atoms with Crippen LogP contribution in [0.1, 0.15) is 17.5 Å². The van der Waals surface area contributed by atoms with Crippen molar-refractivity contribution in [1.29, 1.82) is 0 Å². The van der Waals surface area contributed by atoms with E-state index in [-0.39, 0.29) is 0 Å². The fourth-order valence-corrected chi connectivity index (χ4v) is 1.83. The van der Waals surface area contributed by atoms with Crippen LogP contribution in [0.5, 0.6) is 5.75 Å². The minimum Gasteiger partial charge on any atom is -0.497 e. The molecule has 84 valence electrons. The lowest BCUT2D eigenvalue weighted by Gasteiger charge is -2.21. The van der Waals surface area contributed by atoms with Gasteiger partial charge in [-0.15, -0.1) is 0 Å². The third kappa shape index (κ3) is 1.94. The predicted octanol–water partition coefficient (Wildman–Crippen LogP) is 2.53. The van der Waals surface area contributed by atoms with E-state index in [9.17, 15) is 0 Å². The maximum absolute atomic E-state index is 5.24. The highest BCUT2D eigenvalue weighted by atomic mass is 16.5. The van der Waals surface area contributed by atoms with Gasteiger partial charge in [0.15, 0.2) is 0 Å². The van der Waals surface area contributed by atoms with Gasteiger partial charge in [-0.25, -0.2) is 0 Å². The van der Waals surface area contributed by atoms with Gasteiger partial charge in [0.2, 0.25) is 0 Å². The maximum Gasteiger partial charge on any atom is 0.119 e. The zero-order valence-electron chi connectivity index (χ0n) is 9.73. The maximum atomic E-state index is 5.24. The van der Waals surface area contributed by atoms with E-state index in [1.54, 1.807) is 7.11 Å². The Morgan fingerprint density at radius 3 is 3.00 bits per heavy atom. The molecule has 0 fully saturated rings. The van der Waals surface area contributed by atoms with Crippen LogP contribution in [0.25, 0.3) is 5.70 Å². The quantitative estimate of drug-likeness (QED) is 0.720. The molecule has 1 aromatic carbocycles. The second kappa shape index (κ2) is 4.39. The van der Waals surface area contributed by atoms with Gasteiger partial charge in [0.25, 0.3) is 0 Å². The molecule has 0 saturated heterocycles. The van der Waals surface area contributed by atoms with Gasteiger partial charge in [-0.3, -0.25) is 5.01 Å². The van der Waals surface area contributed by atoms with E-state index >= 15 is 0 Å². The Bertz CT molecular complexity index is 438. The van der Waals surface area contributed by atoms with Crippen molar-refractivity contribution in [1.82, 2.24) is 5.01 Å². The molecule has 0 saturated carbocycles. The molecule has 3 heteroatoms. The average Bonchev–Trinajstić information content (AvgIpc) is 2.31. The summed E-state index contributed by atoms with van der Waals surface area (Å²) in [5, 5.41) is 6.09. The molecule has 0 N–H and O–H groups in total. The van der Waals surface area contributed by atoms with Crippen LogP contribution in [-0.2, 0) is 6.42 Å². The first-order valence-corrected chi connectivity index (χ1v) is 5.34. The van der Waals surface area contributed by atoms with Gasteiger partial charge >= 0.3 is 0 Å². The number of hydrazone groups is 1. The fourth-order valence-electron chi connectivity index (χ4n) is 1.83. The number of aryl methyl sites for hydroxylation is 1. The first kappa shape index (κ1) is 10.7. The molecule has 0 aromatic heterocycles. The summed E-state index contributed by atoms with van der Waals surface area (Å²) in [5.74, 6) is 0.895. The lowest BCUT2D eigenvalue weighted by molar-refractivity contribution is 0.414. The standard InChI is InChI=1S/C13H16N2O/c1-10-13-7-6-12(16-3)9-11(13)5-4-8-14-15(10)2/h6-9H,1,4-5H2,2-3H3. The van der Waals surface area contributed by atoms with Crippen molar-refractivity contribution in [3.63, 3.8) is 0 Å². The summed E-state index contributed by atoms with van der Waals surface area (Å²) in [4.78, 5) is 0. The average molecular weight is 216 g/mol. The van der Waals surface area contributed by atoms with Crippen molar-refractivity contribution in [3.8, 4) is 5.75 Å². The number of rotatable bonds is 1. The summed E-state index contributed by atoms with van der Waals surface area (Å²) in [6.07, 6.45) is 3.84. The van der Waals surface area contributed by atoms with Crippen molar-refractivity contribution in [3.05, 3.63) is 35.9 Å². The molecule has 3 nitrogen and oxygen atoms in total. The SMILES string of the molecule is C=C1c2ccc(OC)cc2CCC=NN1C. The predicted molar refractivity (Wildman–Crippen MR) is 66.6 cm³/mol. The van der Waals surface area contributed by atoms with Crippen LogP contribution < -0.4 is 4.74 Å². The van der Waals surface area contributed by atoms with Gasteiger partial charge in [0.05, 0.1) is 12.8 Å².